The first-order chi connectivity index (χ1) is 8.87. The van der Waals surface area contributed by atoms with E-state index in [1.807, 2.05) is 0 Å². The average molecular weight is 306 g/mol. The smallest absolute Gasteiger partial charge is 0.272 e. The number of hydrogen-bond acceptors (Lipinski definition) is 5. The lowest BCUT2D eigenvalue weighted by atomic mass is 9.95. The van der Waals surface area contributed by atoms with E-state index in [0.29, 0.717) is 12.0 Å². The monoisotopic (exact) mass is 305 g/mol. The van der Waals surface area contributed by atoms with E-state index in [9.17, 15) is 18.5 Å². The van der Waals surface area contributed by atoms with E-state index in [0.717, 1.165) is 0 Å². The van der Waals surface area contributed by atoms with Crippen LogP contribution in [0, 0.1) is 10.1 Å². The minimum Gasteiger partial charge on any atom is -0.376 e. The van der Waals surface area contributed by atoms with Gasteiger partial charge in [0.15, 0.2) is 0 Å². The predicted molar refractivity (Wildman–Crippen MR) is 69.8 cm³/mol. The van der Waals surface area contributed by atoms with Crippen molar-refractivity contribution in [3.05, 3.63) is 39.9 Å². The second-order valence-corrected chi connectivity index (χ2v) is 7.23. The van der Waals surface area contributed by atoms with Crippen LogP contribution in [-0.2, 0) is 13.8 Å². The van der Waals surface area contributed by atoms with E-state index in [1.165, 1.54) is 6.07 Å². The maximum Gasteiger partial charge on any atom is 0.272 e. The summed E-state index contributed by atoms with van der Waals surface area (Å²) >= 11 is 0. The van der Waals surface area contributed by atoms with E-state index in [1.54, 1.807) is 18.2 Å². The molecule has 2 unspecified atom stereocenters. The number of ether oxygens (including phenoxy) is 1. The van der Waals surface area contributed by atoms with Crippen molar-refractivity contribution in [1.82, 2.24) is 0 Å². The Morgan fingerprint density at radius 1 is 1.42 bits per heavy atom. The maximum atomic E-state index is 11.0. The van der Waals surface area contributed by atoms with Crippen molar-refractivity contribution < 1.29 is 18.1 Å². The third-order valence-corrected chi connectivity index (χ3v) is 4.19. The molecule has 0 amide bonds. The summed E-state index contributed by atoms with van der Waals surface area (Å²) in [7, 11) is 1.55. The number of nitro groups is 1. The van der Waals surface area contributed by atoms with Gasteiger partial charge >= 0.3 is 0 Å². The van der Waals surface area contributed by atoms with Crippen molar-refractivity contribution in [2.24, 2.45) is 0 Å². The highest BCUT2D eigenvalue weighted by molar-refractivity contribution is 8.13. The van der Waals surface area contributed by atoms with E-state index in [4.69, 9.17) is 15.4 Å². The van der Waals surface area contributed by atoms with Gasteiger partial charge in [-0.05, 0) is 6.42 Å². The second kappa shape index (κ2) is 5.44. The largest absolute Gasteiger partial charge is 0.376 e. The minimum atomic E-state index is -3.63. The Labute approximate surface area is 114 Å². The van der Waals surface area contributed by atoms with E-state index < -0.39 is 20.1 Å². The summed E-state index contributed by atoms with van der Waals surface area (Å²) in [6, 6.07) is 6.41. The zero-order chi connectivity index (χ0) is 14.0. The number of nitro benzene ring substituents is 1. The molecule has 1 aromatic carbocycles. The van der Waals surface area contributed by atoms with Crippen LogP contribution in [0.15, 0.2) is 24.3 Å². The Morgan fingerprint density at radius 2 is 2.11 bits per heavy atom. The highest BCUT2D eigenvalue weighted by Gasteiger charge is 2.33. The number of rotatable bonds is 4. The molecule has 104 valence electrons. The van der Waals surface area contributed by atoms with E-state index in [-0.39, 0.29) is 24.0 Å². The van der Waals surface area contributed by atoms with Crippen LogP contribution in [0.5, 0.6) is 0 Å². The lowest BCUT2D eigenvalue weighted by molar-refractivity contribution is -0.385. The molecule has 2 rings (SSSR count). The van der Waals surface area contributed by atoms with Gasteiger partial charge in [0.1, 0.15) is 0 Å². The molecular formula is C11H12ClNO5S. The lowest BCUT2D eigenvalue weighted by Crippen LogP contribution is -2.16. The quantitative estimate of drug-likeness (QED) is 0.482. The van der Waals surface area contributed by atoms with Gasteiger partial charge in [0, 0.05) is 28.2 Å². The first-order valence-corrected chi connectivity index (χ1v) is 8.12. The number of para-hydroxylation sites is 1. The molecule has 0 spiro atoms. The third kappa shape index (κ3) is 3.65. The molecule has 0 bridgehead atoms. The van der Waals surface area contributed by atoms with Crippen LogP contribution in [0.4, 0.5) is 5.69 Å². The maximum absolute atomic E-state index is 11.0. The lowest BCUT2D eigenvalue weighted by Gasteiger charge is -2.08. The van der Waals surface area contributed by atoms with Crippen LogP contribution >= 0.6 is 10.7 Å². The van der Waals surface area contributed by atoms with Crippen LogP contribution in [0.3, 0.4) is 0 Å². The van der Waals surface area contributed by atoms with Gasteiger partial charge < -0.3 is 4.74 Å². The van der Waals surface area contributed by atoms with Gasteiger partial charge in [-0.3, -0.25) is 10.1 Å². The summed E-state index contributed by atoms with van der Waals surface area (Å²) in [5.41, 5.74) is 0.604. The highest BCUT2D eigenvalue weighted by Crippen LogP contribution is 2.35. The van der Waals surface area contributed by atoms with Crippen LogP contribution < -0.4 is 0 Å². The van der Waals surface area contributed by atoms with Gasteiger partial charge in [0.2, 0.25) is 9.05 Å². The molecule has 2 atom stereocenters. The predicted octanol–water partition coefficient (Wildman–Crippen LogP) is 2.04. The first kappa shape index (κ1) is 14.2. The molecule has 1 heterocycles. The van der Waals surface area contributed by atoms with Gasteiger partial charge in [-0.2, -0.15) is 0 Å². The molecule has 1 aliphatic rings. The highest BCUT2D eigenvalue weighted by atomic mass is 35.7. The first-order valence-electron chi connectivity index (χ1n) is 5.64. The third-order valence-electron chi connectivity index (χ3n) is 3.04. The molecule has 0 N–H and O–H groups in total. The Bertz CT molecular complexity index is 589. The number of benzene rings is 1. The zero-order valence-corrected chi connectivity index (χ0v) is 11.4. The summed E-state index contributed by atoms with van der Waals surface area (Å²) in [6.07, 6.45) is -0.0936. The molecule has 1 fully saturated rings. The number of nitrogens with zero attached hydrogens (tertiary/aromatic N) is 1. The van der Waals surface area contributed by atoms with Crippen molar-refractivity contribution >= 4 is 25.4 Å². The summed E-state index contributed by atoms with van der Waals surface area (Å²) in [6.45, 7) is 0.266. The van der Waals surface area contributed by atoms with Crippen molar-refractivity contribution in [3.8, 4) is 0 Å². The standard InChI is InChI=1S/C11H12ClNO5S/c12-19(16,17)7-9-5-8(6-18-9)10-3-1-2-4-11(10)13(14)15/h1-4,8-9H,5-7H2. The molecule has 0 saturated carbocycles. The topological polar surface area (TPSA) is 86.5 Å². The number of halogens is 1. The van der Waals surface area contributed by atoms with Crippen LogP contribution in [0.1, 0.15) is 17.9 Å². The molecule has 6 nitrogen and oxygen atoms in total. The fourth-order valence-electron chi connectivity index (χ4n) is 2.26. The Balaban J connectivity index is 2.15. The summed E-state index contributed by atoms with van der Waals surface area (Å²) in [5, 5.41) is 10.9. The molecule has 1 aromatic rings. The fourth-order valence-corrected chi connectivity index (χ4v) is 3.36. The van der Waals surface area contributed by atoms with Crippen molar-refractivity contribution in [3.63, 3.8) is 0 Å². The van der Waals surface area contributed by atoms with E-state index >= 15 is 0 Å². The molecule has 0 aromatic heterocycles. The molecule has 8 heteroatoms. The molecule has 0 aliphatic carbocycles. The molecule has 1 saturated heterocycles. The number of hydrogen-bond donors (Lipinski definition) is 0. The van der Waals surface area contributed by atoms with Crippen molar-refractivity contribution in [2.45, 2.75) is 18.4 Å². The van der Waals surface area contributed by atoms with Gasteiger partial charge in [-0.25, -0.2) is 8.42 Å². The van der Waals surface area contributed by atoms with Gasteiger partial charge in [0.05, 0.1) is 23.4 Å². The van der Waals surface area contributed by atoms with Crippen LogP contribution in [0.25, 0.3) is 0 Å². The van der Waals surface area contributed by atoms with Gasteiger partial charge in [0.25, 0.3) is 5.69 Å². The fraction of sp³-hybridized carbons (Fsp3) is 0.455. The molecule has 19 heavy (non-hydrogen) atoms. The van der Waals surface area contributed by atoms with Gasteiger partial charge in [-0.15, -0.1) is 0 Å². The average Bonchev–Trinajstić information content (AvgIpc) is 2.75. The van der Waals surface area contributed by atoms with Crippen LogP contribution in [0.2, 0.25) is 0 Å². The SMILES string of the molecule is O=[N+]([O-])c1ccccc1C1COC(CS(=O)(=O)Cl)C1. The zero-order valence-electron chi connectivity index (χ0n) is 9.86. The Morgan fingerprint density at radius 3 is 2.74 bits per heavy atom. The molecule has 1 aliphatic heterocycles. The minimum absolute atomic E-state index is 0.0329. The summed E-state index contributed by atoms with van der Waals surface area (Å²) < 4.78 is 27.3. The normalized spacial score (nSPS) is 23.4. The Hall–Kier alpha value is -1.18. The van der Waals surface area contributed by atoms with E-state index in [2.05, 4.69) is 0 Å². The second-order valence-electron chi connectivity index (χ2n) is 4.41. The Kier molecular flexibility index (Phi) is 4.07. The van der Waals surface area contributed by atoms with Crippen molar-refractivity contribution in [2.75, 3.05) is 12.4 Å². The molecule has 0 radical (unpaired) electrons. The van der Waals surface area contributed by atoms with Gasteiger partial charge in [-0.1, -0.05) is 18.2 Å². The van der Waals surface area contributed by atoms with Crippen LogP contribution in [-0.4, -0.2) is 31.8 Å². The molecular weight excluding hydrogens is 294 g/mol. The summed E-state index contributed by atoms with van der Waals surface area (Å²) in [4.78, 5) is 10.5. The van der Waals surface area contributed by atoms with Crippen molar-refractivity contribution in [1.29, 1.82) is 0 Å². The summed E-state index contributed by atoms with van der Waals surface area (Å²) in [5.74, 6) is -0.448.